The average molecular weight is 326 g/mol. The smallest absolute Gasteiger partial charge is 0.241 e. The van der Waals surface area contributed by atoms with E-state index >= 15 is 0 Å². The molecule has 1 amide bonds. The van der Waals surface area contributed by atoms with Gasteiger partial charge in [-0.15, -0.1) is 0 Å². The standard InChI is InChI=1S/C16H26N2O3S/c1-5-9-18(10-6-2)16(19)12-17-22(20,21)15-8-7-13(3)14(4)11-15/h7-8,11,17H,5-6,9-10,12H2,1-4H3. The molecule has 0 spiro atoms. The van der Waals surface area contributed by atoms with Crippen LogP contribution in [0.1, 0.15) is 37.8 Å². The molecule has 0 unspecified atom stereocenters. The van der Waals surface area contributed by atoms with Gasteiger partial charge in [-0.1, -0.05) is 19.9 Å². The van der Waals surface area contributed by atoms with Gasteiger partial charge in [-0.3, -0.25) is 4.79 Å². The van der Waals surface area contributed by atoms with E-state index in [9.17, 15) is 13.2 Å². The summed E-state index contributed by atoms with van der Waals surface area (Å²) in [5, 5.41) is 0. The Bertz CT molecular complexity index is 606. The second kappa shape index (κ2) is 8.29. The molecule has 6 heteroatoms. The maximum Gasteiger partial charge on any atom is 0.241 e. The number of rotatable bonds is 8. The molecular weight excluding hydrogens is 300 g/mol. The summed E-state index contributed by atoms with van der Waals surface area (Å²) in [6.07, 6.45) is 1.71. The lowest BCUT2D eigenvalue weighted by Crippen LogP contribution is -2.40. The van der Waals surface area contributed by atoms with Gasteiger partial charge in [0.2, 0.25) is 15.9 Å². The topological polar surface area (TPSA) is 66.5 Å². The van der Waals surface area contributed by atoms with Crippen molar-refractivity contribution in [2.45, 2.75) is 45.4 Å². The molecule has 0 aliphatic carbocycles. The lowest BCUT2D eigenvalue weighted by molar-refractivity contribution is -0.130. The number of sulfonamides is 1. The van der Waals surface area contributed by atoms with Crippen molar-refractivity contribution in [1.29, 1.82) is 0 Å². The van der Waals surface area contributed by atoms with E-state index in [1.165, 1.54) is 0 Å². The van der Waals surface area contributed by atoms with Crippen LogP contribution in [0.2, 0.25) is 0 Å². The predicted molar refractivity (Wildman–Crippen MR) is 88.3 cm³/mol. The van der Waals surface area contributed by atoms with Crippen LogP contribution in [0.4, 0.5) is 0 Å². The highest BCUT2D eigenvalue weighted by Crippen LogP contribution is 2.14. The Morgan fingerprint density at radius 3 is 2.18 bits per heavy atom. The summed E-state index contributed by atoms with van der Waals surface area (Å²) < 4.78 is 26.9. The molecule has 0 bridgehead atoms. The number of carbonyl (C=O) groups is 1. The molecule has 0 heterocycles. The van der Waals surface area contributed by atoms with E-state index in [0.717, 1.165) is 24.0 Å². The van der Waals surface area contributed by atoms with Crippen molar-refractivity contribution in [2.24, 2.45) is 0 Å². The molecule has 5 nitrogen and oxygen atoms in total. The Kier molecular flexibility index (Phi) is 7.03. The zero-order chi connectivity index (χ0) is 16.8. The van der Waals surface area contributed by atoms with Crippen LogP contribution < -0.4 is 4.72 Å². The first-order chi connectivity index (χ1) is 10.3. The van der Waals surface area contributed by atoms with E-state index in [0.29, 0.717) is 13.1 Å². The van der Waals surface area contributed by atoms with E-state index in [1.807, 2.05) is 27.7 Å². The number of aryl methyl sites for hydroxylation is 2. The second-order valence-electron chi connectivity index (χ2n) is 5.45. The van der Waals surface area contributed by atoms with Gasteiger partial charge >= 0.3 is 0 Å². The van der Waals surface area contributed by atoms with E-state index in [-0.39, 0.29) is 17.3 Å². The van der Waals surface area contributed by atoms with Crippen LogP contribution in [-0.2, 0) is 14.8 Å². The molecule has 1 aromatic rings. The fourth-order valence-electron chi connectivity index (χ4n) is 2.13. The van der Waals surface area contributed by atoms with Gasteiger partial charge in [0.15, 0.2) is 0 Å². The summed E-state index contributed by atoms with van der Waals surface area (Å²) in [6, 6.07) is 4.95. The molecule has 0 saturated carbocycles. The van der Waals surface area contributed by atoms with E-state index in [1.54, 1.807) is 23.1 Å². The Balaban J connectivity index is 2.76. The number of nitrogens with one attached hydrogen (secondary N) is 1. The first kappa shape index (κ1) is 18.6. The lowest BCUT2D eigenvalue weighted by Gasteiger charge is -2.21. The molecular formula is C16H26N2O3S. The van der Waals surface area contributed by atoms with Crippen molar-refractivity contribution in [3.05, 3.63) is 29.3 Å². The summed E-state index contributed by atoms with van der Waals surface area (Å²) in [5.74, 6) is -0.184. The highest BCUT2D eigenvalue weighted by atomic mass is 32.2. The minimum absolute atomic E-state index is 0.184. The van der Waals surface area contributed by atoms with Gasteiger partial charge in [0, 0.05) is 13.1 Å². The normalized spacial score (nSPS) is 11.5. The van der Waals surface area contributed by atoms with Gasteiger partial charge in [-0.25, -0.2) is 13.1 Å². The lowest BCUT2D eigenvalue weighted by atomic mass is 10.1. The molecule has 22 heavy (non-hydrogen) atoms. The van der Waals surface area contributed by atoms with Gasteiger partial charge in [-0.05, 0) is 49.9 Å². The number of hydrogen-bond donors (Lipinski definition) is 1. The molecule has 0 radical (unpaired) electrons. The van der Waals surface area contributed by atoms with Crippen LogP contribution in [0, 0.1) is 13.8 Å². The van der Waals surface area contributed by atoms with Gasteiger partial charge in [0.05, 0.1) is 11.4 Å². The van der Waals surface area contributed by atoms with Crippen molar-refractivity contribution < 1.29 is 13.2 Å². The number of amides is 1. The molecule has 0 aliphatic rings. The first-order valence-corrected chi connectivity index (χ1v) is 9.14. The van der Waals surface area contributed by atoms with Gasteiger partial charge in [0.25, 0.3) is 0 Å². The third-order valence-corrected chi connectivity index (χ3v) is 4.94. The van der Waals surface area contributed by atoms with Crippen LogP contribution >= 0.6 is 0 Å². The highest BCUT2D eigenvalue weighted by Gasteiger charge is 2.18. The number of benzene rings is 1. The zero-order valence-electron chi connectivity index (χ0n) is 13.8. The minimum atomic E-state index is -3.66. The maximum atomic E-state index is 12.3. The van der Waals surface area contributed by atoms with Gasteiger partial charge < -0.3 is 4.90 Å². The minimum Gasteiger partial charge on any atom is -0.342 e. The summed E-state index contributed by atoms with van der Waals surface area (Å²) in [5.41, 5.74) is 1.94. The SMILES string of the molecule is CCCN(CCC)C(=O)CNS(=O)(=O)c1ccc(C)c(C)c1. The molecule has 1 rings (SSSR count). The zero-order valence-corrected chi connectivity index (χ0v) is 14.7. The first-order valence-electron chi connectivity index (χ1n) is 7.66. The fraction of sp³-hybridized carbons (Fsp3) is 0.562. The van der Waals surface area contributed by atoms with Crippen LogP contribution in [0.15, 0.2) is 23.1 Å². The third kappa shape index (κ3) is 5.10. The molecule has 0 saturated heterocycles. The molecule has 0 atom stereocenters. The molecule has 124 valence electrons. The molecule has 1 aromatic carbocycles. The van der Waals surface area contributed by atoms with Crippen LogP contribution in [0.25, 0.3) is 0 Å². The number of nitrogens with zero attached hydrogens (tertiary/aromatic N) is 1. The Hall–Kier alpha value is -1.40. The maximum absolute atomic E-state index is 12.3. The quantitative estimate of drug-likeness (QED) is 0.796. The fourth-order valence-corrected chi connectivity index (χ4v) is 3.19. The summed E-state index contributed by atoms with van der Waals surface area (Å²) in [4.78, 5) is 14.0. The van der Waals surface area contributed by atoms with Gasteiger partial charge in [0.1, 0.15) is 0 Å². The number of carbonyl (C=O) groups excluding carboxylic acids is 1. The Labute approximate surface area is 133 Å². The van der Waals surface area contributed by atoms with E-state index in [2.05, 4.69) is 4.72 Å². The molecule has 1 N–H and O–H groups in total. The van der Waals surface area contributed by atoms with Crippen molar-refractivity contribution in [1.82, 2.24) is 9.62 Å². The summed E-state index contributed by atoms with van der Waals surface area (Å²) in [6.45, 7) is 8.88. The number of hydrogen-bond acceptors (Lipinski definition) is 3. The largest absolute Gasteiger partial charge is 0.342 e. The summed E-state index contributed by atoms with van der Waals surface area (Å²) in [7, 11) is -3.66. The second-order valence-corrected chi connectivity index (χ2v) is 7.22. The predicted octanol–water partition coefficient (Wildman–Crippen LogP) is 2.23. The third-order valence-electron chi connectivity index (χ3n) is 3.54. The van der Waals surface area contributed by atoms with Crippen LogP contribution in [0.3, 0.4) is 0 Å². The van der Waals surface area contributed by atoms with Crippen molar-refractivity contribution in [2.75, 3.05) is 19.6 Å². The highest BCUT2D eigenvalue weighted by molar-refractivity contribution is 7.89. The molecule has 0 aliphatic heterocycles. The average Bonchev–Trinajstić information content (AvgIpc) is 2.47. The summed E-state index contributed by atoms with van der Waals surface area (Å²) >= 11 is 0. The van der Waals surface area contributed by atoms with Crippen molar-refractivity contribution >= 4 is 15.9 Å². The van der Waals surface area contributed by atoms with E-state index in [4.69, 9.17) is 0 Å². The van der Waals surface area contributed by atoms with Crippen LogP contribution in [0.5, 0.6) is 0 Å². The molecule has 0 aromatic heterocycles. The van der Waals surface area contributed by atoms with Crippen LogP contribution in [-0.4, -0.2) is 38.9 Å². The van der Waals surface area contributed by atoms with Crippen molar-refractivity contribution in [3.63, 3.8) is 0 Å². The van der Waals surface area contributed by atoms with Gasteiger partial charge in [-0.2, -0.15) is 0 Å². The van der Waals surface area contributed by atoms with E-state index < -0.39 is 10.0 Å². The Morgan fingerprint density at radius 1 is 1.09 bits per heavy atom. The molecule has 0 fully saturated rings. The van der Waals surface area contributed by atoms with Crippen molar-refractivity contribution in [3.8, 4) is 0 Å². The Morgan fingerprint density at radius 2 is 1.68 bits per heavy atom. The monoisotopic (exact) mass is 326 g/mol.